The van der Waals surface area contributed by atoms with Gasteiger partial charge in [-0.3, -0.25) is 19.6 Å². The number of aromatic amines is 1. The van der Waals surface area contributed by atoms with Gasteiger partial charge in [0.2, 0.25) is 0 Å². The van der Waals surface area contributed by atoms with E-state index < -0.39 is 47.0 Å². The van der Waals surface area contributed by atoms with Crippen LogP contribution in [-0.2, 0) is 24.0 Å². The zero-order chi connectivity index (χ0) is 26.7. The van der Waals surface area contributed by atoms with Crippen molar-refractivity contribution >= 4 is 81.2 Å². The van der Waals surface area contributed by atoms with Gasteiger partial charge in [0.1, 0.15) is 22.1 Å². The number of H-pyrrole nitrogens is 1. The minimum absolute atomic E-state index is 0. The zero-order valence-corrected chi connectivity index (χ0v) is 27.9. The molecule has 0 unspecified atom stereocenters. The van der Waals surface area contributed by atoms with E-state index in [1.54, 1.807) is 6.20 Å². The molecule has 0 bridgehead atoms. The molecule has 39 heavy (non-hydrogen) atoms. The predicted molar refractivity (Wildman–Crippen MR) is 130 cm³/mol. The summed E-state index contributed by atoms with van der Waals surface area (Å²) in [5, 5.41) is 40.8. The molecule has 2 aliphatic rings. The number of rotatable bonds is 11. The van der Waals surface area contributed by atoms with E-state index >= 15 is 0 Å². The Morgan fingerprint density at radius 3 is 2.69 bits per heavy atom. The number of nitrogens with one attached hydrogen (secondary N) is 2. The number of hydrogen-bond donors (Lipinski definition) is 3. The van der Waals surface area contributed by atoms with Crippen molar-refractivity contribution in [2.45, 2.75) is 29.5 Å². The summed E-state index contributed by atoms with van der Waals surface area (Å²) in [4.78, 5) is 59.0. The van der Waals surface area contributed by atoms with Crippen molar-refractivity contribution in [3.05, 3.63) is 27.9 Å². The molecule has 196 valence electrons. The minimum atomic E-state index is -1.56. The number of carboxylic acids is 2. The van der Waals surface area contributed by atoms with Gasteiger partial charge in [0, 0.05) is 16.0 Å². The van der Waals surface area contributed by atoms with Crippen molar-refractivity contribution in [1.82, 2.24) is 30.6 Å². The molecule has 4 N–H and O–H groups in total. The van der Waals surface area contributed by atoms with Crippen LogP contribution in [0.15, 0.2) is 32.4 Å². The van der Waals surface area contributed by atoms with E-state index in [4.69, 9.17) is 10.6 Å². The molecule has 21 heteroatoms. The van der Waals surface area contributed by atoms with Gasteiger partial charge in [0.05, 0.1) is 28.9 Å². The summed E-state index contributed by atoms with van der Waals surface area (Å²) in [6, 6.07) is -1.08. The summed E-state index contributed by atoms with van der Waals surface area (Å²) in [5.41, 5.74) is 4.96. The standard InChI is InChI=1S/C18H18N8O7S4.2Na/c1-6(16(29)30)33-24-10(7-3-35-18(19)21-7)13(27)22-11-14(28)26-12(17(31)32)8(4-34-15(11)26)36-5-37-9-2-20-25-23-9;;/h2-3,6,11,15H,4-5H2,1H3,(H2,19,21)(H,22,27)(H,29,30)(H,31,32)(H,20,23,25);;/q;2*+1/p-2/b24-10-;;/t6-,11+,15-;;/m0../s1. The molecule has 2 aromatic heterocycles. The molecule has 0 spiro atoms. The van der Waals surface area contributed by atoms with Crippen LogP contribution in [0.3, 0.4) is 0 Å². The monoisotopic (exact) mass is 630 g/mol. The van der Waals surface area contributed by atoms with Gasteiger partial charge in [0.25, 0.3) is 11.8 Å². The molecular weight excluding hydrogens is 614 g/mol. The summed E-state index contributed by atoms with van der Waals surface area (Å²) in [5.74, 6) is -4.35. The third kappa shape index (κ3) is 7.92. The first kappa shape index (κ1) is 33.9. The predicted octanol–water partition coefficient (Wildman–Crippen LogP) is -8.45. The quantitative estimate of drug-likeness (QED) is 0.0523. The Labute approximate surface area is 281 Å². The molecule has 0 radical (unpaired) electrons. The summed E-state index contributed by atoms with van der Waals surface area (Å²) in [7, 11) is 0. The van der Waals surface area contributed by atoms with Gasteiger partial charge >= 0.3 is 59.1 Å². The number of thiazole rings is 1. The Morgan fingerprint density at radius 2 is 2.10 bits per heavy atom. The molecule has 0 aliphatic carbocycles. The van der Waals surface area contributed by atoms with Crippen LogP contribution >= 0.6 is 46.6 Å². The Kier molecular flexibility index (Phi) is 13.1. The zero-order valence-electron chi connectivity index (χ0n) is 20.6. The van der Waals surface area contributed by atoms with Crippen LogP contribution in [0, 0.1) is 0 Å². The number of anilines is 1. The van der Waals surface area contributed by atoms with E-state index in [0.29, 0.717) is 15.0 Å². The average Bonchev–Trinajstić information content (AvgIpc) is 3.53. The minimum Gasteiger partial charge on any atom is -0.546 e. The average molecular weight is 631 g/mol. The van der Waals surface area contributed by atoms with Crippen molar-refractivity contribution in [1.29, 1.82) is 0 Å². The van der Waals surface area contributed by atoms with Crippen LogP contribution < -0.4 is 80.4 Å². The maximum absolute atomic E-state index is 13.0. The van der Waals surface area contributed by atoms with Gasteiger partial charge in [-0.05, 0) is 6.92 Å². The van der Waals surface area contributed by atoms with Crippen molar-refractivity contribution in [3.63, 3.8) is 0 Å². The number of amides is 2. The number of fused-ring (bicyclic) bond motifs is 1. The van der Waals surface area contributed by atoms with Gasteiger partial charge in [-0.15, -0.1) is 40.0 Å². The third-order valence-electron chi connectivity index (χ3n) is 4.86. The smallest absolute Gasteiger partial charge is 0.546 e. The first-order valence-electron chi connectivity index (χ1n) is 10.2. The molecular formula is C18H16N8Na2O7S4. The van der Waals surface area contributed by atoms with Crippen molar-refractivity contribution in [3.8, 4) is 0 Å². The number of carbonyl (C=O) groups is 4. The number of carbonyl (C=O) groups excluding carboxylic acids is 4. The number of nitrogens with zero attached hydrogens (tertiary/aromatic N) is 5. The molecule has 1 saturated heterocycles. The van der Waals surface area contributed by atoms with E-state index in [-0.39, 0.29) is 81.4 Å². The molecule has 0 saturated carbocycles. The van der Waals surface area contributed by atoms with E-state index in [0.717, 1.165) is 23.2 Å². The van der Waals surface area contributed by atoms with Gasteiger partial charge in [-0.25, -0.2) is 4.98 Å². The Morgan fingerprint density at radius 1 is 1.36 bits per heavy atom. The largest absolute Gasteiger partial charge is 1.00 e. The molecule has 2 aliphatic heterocycles. The van der Waals surface area contributed by atoms with Crippen LogP contribution in [0.5, 0.6) is 0 Å². The topological polar surface area (TPSA) is 232 Å². The summed E-state index contributed by atoms with van der Waals surface area (Å²) in [6.45, 7) is 1.16. The second kappa shape index (κ2) is 15.1. The number of carboxylic acid groups (broad SMARTS) is 2. The fourth-order valence-corrected chi connectivity index (χ4v) is 7.22. The summed E-state index contributed by atoms with van der Waals surface area (Å²) in [6.07, 6.45) is 0.126. The van der Waals surface area contributed by atoms with E-state index in [1.807, 2.05) is 0 Å². The molecule has 15 nitrogen and oxygen atoms in total. The van der Waals surface area contributed by atoms with Gasteiger partial charge in [-0.2, -0.15) is 0 Å². The number of aliphatic carboxylic acids is 2. The normalized spacial score (nSPS) is 19.2. The number of nitrogens with two attached hydrogens (primary N) is 1. The van der Waals surface area contributed by atoms with Crippen LogP contribution in [0.2, 0.25) is 0 Å². The van der Waals surface area contributed by atoms with Crippen LogP contribution in [0.25, 0.3) is 0 Å². The van der Waals surface area contributed by atoms with E-state index in [1.165, 1.54) is 40.7 Å². The molecule has 4 rings (SSSR count). The number of thioether (sulfide) groups is 3. The Balaban J connectivity index is 0.00000267. The Bertz CT molecular complexity index is 1290. The van der Waals surface area contributed by atoms with Gasteiger partial charge in [-0.1, -0.05) is 22.1 Å². The van der Waals surface area contributed by atoms with Crippen molar-refractivity contribution in [2.24, 2.45) is 5.16 Å². The van der Waals surface area contributed by atoms with Gasteiger partial charge < -0.3 is 35.7 Å². The molecule has 4 heterocycles. The number of hydrogen-bond acceptors (Lipinski definition) is 16. The van der Waals surface area contributed by atoms with Crippen molar-refractivity contribution < 1.29 is 93.3 Å². The fraction of sp³-hybridized carbons (Fsp3) is 0.333. The molecule has 3 atom stereocenters. The maximum Gasteiger partial charge on any atom is 1.00 e. The number of β-lactam (4-membered cyclic amide) rings is 1. The fourth-order valence-electron chi connectivity index (χ4n) is 3.10. The maximum atomic E-state index is 13.0. The number of aromatic nitrogens is 4. The third-order valence-corrected chi connectivity index (χ3v) is 9.12. The van der Waals surface area contributed by atoms with Crippen LogP contribution in [0.4, 0.5) is 5.13 Å². The second-order valence-electron chi connectivity index (χ2n) is 7.22. The molecule has 0 aromatic carbocycles. The van der Waals surface area contributed by atoms with Gasteiger partial charge in [0.15, 0.2) is 16.9 Å². The van der Waals surface area contributed by atoms with E-state index in [2.05, 4.69) is 30.9 Å². The first-order valence-corrected chi connectivity index (χ1v) is 14.1. The Hall–Kier alpha value is -1.29. The summed E-state index contributed by atoms with van der Waals surface area (Å²) >= 11 is 4.84. The SMILES string of the molecule is C[C@H](O/N=C(\C(=O)N[C@@H]1C(=O)N2C(C(=O)[O-])=C(SCSc3c[nH]nn3)CS[C@@H]12)c1csc(N)n1)C(=O)[O-].[Na+].[Na+]. The second-order valence-corrected chi connectivity index (χ2v) is 11.6. The molecule has 1 fully saturated rings. The van der Waals surface area contributed by atoms with Crippen LogP contribution in [0.1, 0.15) is 12.6 Å². The molecule has 2 aromatic rings. The van der Waals surface area contributed by atoms with Crippen LogP contribution in [-0.4, -0.2) is 83.1 Å². The molecule has 2 amide bonds. The first-order chi connectivity index (χ1) is 17.7. The van der Waals surface area contributed by atoms with Crippen molar-refractivity contribution in [2.75, 3.05) is 16.6 Å². The van der Waals surface area contributed by atoms with E-state index in [9.17, 15) is 29.4 Å². The summed E-state index contributed by atoms with van der Waals surface area (Å²) < 4.78 is 0. The number of oxime groups is 1. The number of nitrogen functional groups attached to an aromatic ring is 1.